The number of halogens is 2. The van der Waals surface area contributed by atoms with Crippen LogP contribution in [0.3, 0.4) is 0 Å². The number of benzene rings is 1. The number of carbonyl (C=O) groups excluding carboxylic acids is 2. The average molecular weight is 433 g/mol. The summed E-state index contributed by atoms with van der Waals surface area (Å²) in [6.07, 6.45) is -1.53. The summed E-state index contributed by atoms with van der Waals surface area (Å²) in [5, 5.41) is 23.7. The second kappa shape index (κ2) is 8.69. The fourth-order valence-electron chi connectivity index (χ4n) is 2.83. The standard InChI is InChI=1S/C18H17F2N7O4/c1-10-16(27(30)31)15(17(19)20)24-26(10)9-14(28)21-11-4-3-5-12(8-11)22-18(29)13-6-7-25(2)23-13/h3-8,17H,9H2,1-2H3,(H,21,28)(H,22,29). The Morgan fingerprint density at radius 3 is 2.42 bits per heavy atom. The SMILES string of the molecule is Cc1c([N+](=O)[O-])c(C(F)F)nn1CC(=O)Nc1cccc(NC(=O)c2ccn(C)n2)c1. The van der Waals surface area contributed by atoms with Gasteiger partial charge in [-0.1, -0.05) is 6.07 Å². The summed E-state index contributed by atoms with van der Waals surface area (Å²) in [6.45, 7) is 0.724. The number of nitrogens with one attached hydrogen (secondary N) is 2. The molecule has 0 atom stereocenters. The van der Waals surface area contributed by atoms with E-state index in [0.29, 0.717) is 11.4 Å². The van der Waals surface area contributed by atoms with Crippen LogP contribution in [0.5, 0.6) is 0 Å². The summed E-state index contributed by atoms with van der Waals surface area (Å²) < 4.78 is 28.4. The fourth-order valence-corrected chi connectivity index (χ4v) is 2.83. The van der Waals surface area contributed by atoms with E-state index < -0.39 is 41.1 Å². The quantitative estimate of drug-likeness (QED) is 0.434. The molecule has 31 heavy (non-hydrogen) atoms. The maximum Gasteiger partial charge on any atom is 0.319 e. The van der Waals surface area contributed by atoms with E-state index in [1.54, 1.807) is 37.5 Å². The molecule has 3 aromatic rings. The number of alkyl halides is 2. The number of carbonyl (C=O) groups is 2. The third kappa shape index (κ3) is 4.88. The Morgan fingerprint density at radius 1 is 1.19 bits per heavy atom. The molecule has 162 valence electrons. The van der Waals surface area contributed by atoms with Gasteiger partial charge in [-0.25, -0.2) is 8.78 Å². The van der Waals surface area contributed by atoms with Crippen LogP contribution in [-0.4, -0.2) is 36.3 Å². The number of hydrogen-bond acceptors (Lipinski definition) is 6. The van der Waals surface area contributed by atoms with Crippen molar-refractivity contribution in [3.05, 3.63) is 63.7 Å². The summed E-state index contributed by atoms with van der Waals surface area (Å²) in [5.41, 5.74) is -1.05. The molecule has 11 nitrogen and oxygen atoms in total. The Labute approximate surface area is 173 Å². The minimum absolute atomic E-state index is 0.160. The molecule has 2 heterocycles. The highest BCUT2D eigenvalue weighted by atomic mass is 19.3. The van der Waals surface area contributed by atoms with E-state index in [1.165, 1.54) is 17.7 Å². The molecule has 0 fully saturated rings. The molecule has 0 unspecified atom stereocenters. The number of anilines is 2. The lowest BCUT2D eigenvalue weighted by Crippen LogP contribution is -2.20. The fraction of sp³-hybridized carbons (Fsp3) is 0.222. The van der Waals surface area contributed by atoms with Crippen molar-refractivity contribution in [2.24, 2.45) is 7.05 Å². The Morgan fingerprint density at radius 2 is 1.87 bits per heavy atom. The molecule has 0 saturated heterocycles. The van der Waals surface area contributed by atoms with Gasteiger partial charge in [0.1, 0.15) is 12.2 Å². The van der Waals surface area contributed by atoms with E-state index in [4.69, 9.17) is 0 Å². The molecule has 2 aromatic heterocycles. The smallest absolute Gasteiger partial charge is 0.319 e. The van der Waals surface area contributed by atoms with Gasteiger partial charge in [-0.15, -0.1) is 0 Å². The first kappa shape index (κ1) is 21.5. The van der Waals surface area contributed by atoms with Gasteiger partial charge < -0.3 is 10.6 Å². The second-order valence-corrected chi connectivity index (χ2v) is 6.49. The lowest BCUT2D eigenvalue weighted by molar-refractivity contribution is -0.386. The molecular weight excluding hydrogens is 416 g/mol. The number of nitro groups is 1. The molecule has 2 N–H and O–H groups in total. The monoisotopic (exact) mass is 433 g/mol. The van der Waals surface area contributed by atoms with E-state index >= 15 is 0 Å². The predicted octanol–water partition coefficient (Wildman–Crippen LogP) is 2.66. The molecule has 3 rings (SSSR count). The highest BCUT2D eigenvalue weighted by molar-refractivity contribution is 6.03. The molecule has 0 saturated carbocycles. The van der Waals surface area contributed by atoms with Crippen LogP contribution in [-0.2, 0) is 18.4 Å². The van der Waals surface area contributed by atoms with Crippen LogP contribution in [0.1, 0.15) is 28.3 Å². The van der Waals surface area contributed by atoms with E-state index in [-0.39, 0.29) is 11.4 Å². The van der Waals surface area contributed by atoms with Crippen LogP contribution in [0.4, 0.5) is 25.8 Å². The van der Waals surface area contributed by atoms with Crippen molar-refractivity contribution >= 4 is 28.9 Å². The summed E-state index contributed by atoms with van der Waals surface area (Å²) in [7, 11) is 1.67. The lowest BCUT2D eigenvalue weighted by atomic mass is 10.2. The number of amides is 2. The van der Waals surface area contributed by atoms with Crippen molar-refractivity contribution in [2.45, 2.75) is 19.9 Å². The zero-order valence-electron chi connectivity index (χ0n) is 16.4. The number of aryl methyl sites for hydroxylation is 1. The minimum atomic E-state index is -3.15. The number of nitrogens with zero attached hydrogens (tertiary/aromatic N) is 5. The van der Waals surface area contributed by atoms with Gasteiger partial charge in [-0.2, -0.15) is 10.2 Å². The zero-order chi connectivity index (χ0) is 22.7. The molecule has 0 spiro atoms. The molecule has 0 radical (unpaired) electrons. The van der Waals surface area contributed by atoms with E-state index in [9.17, 15) is 28.5 Å². The number of aromatic nitrogens is 4. The zero-order valence-corrected chi connectivity index (χ0v) is 16.4. The van der Waals surface area contributed by atoms with Crippen molar-refractivity contribution in [1.29, 1.82) is 0 Å². The molecule has 0 aliphatic rings. The molecule has 0 aliphatic heterocycles. The van der Waals surface area contributed by atoms with Gasteiger partial charge in [0.15, 0.2) is 5.69 Å². The van der Waals surface area contributed by atoms with Crippen LogP contribution < -0.4 is 10.6 Å². The predicted molar refractivity (Wildman–Crippen MR) is 105 cm³/mol. The molecular formula is C18H17F2N7O4. The molecule has 0 aliphatic carbocycles. The van der Waals surface area contributed by atoms with Gasteiger partial charge >= 0.3 is 5.69 Å². The Balaban J connectivity index is 1.70. The highest BCUT2D eigenvalue weighted by Gasteiger charge is 2.31. The Kier molecular flexibility index (Phi) is 6.04. The molecule has 1 aromatic carbocycles. The minimum Gasteiger partial charge on any atom is -0.324 e. The van der Waals surface area contributed by atoms with Crippen LogP contribution >= 0.6 is 0 Å². The molecule has 2 amide bonds. The Hall–Kier alpha value is -4.16. The van der Waals surface area contributed by atoms with Crippen molar-refractivity contribution in [1.82, 2.24) is 19.6 Å². The second-order valence-electron chi connectivity index (χ2n) is 6.49. The van der Waals surface area contributed by atoms with Gasteiger partial charge in [-0.05, 0) is 31.2 Å². The largest absolute Gasteiger partial charge is 0.324 e. The number of rotatable bonds is 7. The summed E-state index contributed by atoms with van der Waals surface area (Å²) >= 11 is 0. The van der Waals surface area contributed by atoms with Crippen LogP contribution in [0.2, 0.25) is 0 Å². The maximum atomic E-state index is 13.0. The van der Waals surface area contributed by atoms with E-state index in [1.807, 2.05) is 0 Å². The summed E-state index contributed by atoms with van der Waals surface area (Å²) in [6, 6.07) is 7.77. The topological polar surface area (TPSA) is 137 Å². The van der Waals surface area contributed by atoms with Gasteiger partial charge in [0.25, 0.3) is 12.3 Å². The van der Waals surface area contributed by atoms with E-state index in [0.717, 1.165) is 4.68 Å². The van der Waals surface area contributed by atoms with Crippen LogP contribution in [0.25, 0.3) is 0 Å². The molecule has 0 bridgehead atoms. The van der Waals surface area contributed by atoms with Crippen molar-refractivity contribution in [3.8, 4) is 0 Å². The first-order chi connectivity index (χ1) is 14.7. The van der Waals surface area contributed by atoms with Crippen molar-refractivity contribution < 1.29 is 23.3 Å². The third-order valence-electron chi connectivity index (χ3n) is 4.23. The van der Waals surface area contributed by atoms with Gasteiger partial charge in [0.2, 0.25) is 11.6 Å². The lowest BCUT2D eigenvalue weighted by Gasteiger charge is -2.09. The highest BCUT2D eigenvalue weighted by Crippen LogP contribution is 2.30. The number of hydrogen-bond donors (Lipinski definition) is 2. The normalized spacial score (nSPS) is 10.9. The first-order valence-corrected chi connectivity index (χ1v) is 8.86. The molecule has 13 heteroatoms. The summed E-state index contributed by atoms with van der Waals surface area (Å²) in [5.74, 6) is -1.09. The summed E-state index contributed by atoms with van der Waals surface area (Å²) in [4.78, 5) is 34.6. The van der Waals surface area contributed by atoms with Gasteiger partial charge in [-0.3, -0.25) is 29.1 Å². The van der Waals surface area contributed by atoms with E-state index in [2.05, 4.69) is 20.8 Å². The first-order valence-electron chi connectivity index (χ1n) is 8.86. The maximum absolute atomic E-state index is 13.0. The van der Waals surface area contributed by atoms with Gasteiger partial charge in [0.05, 0.1) is 4.92 Å². The van der Waals surface area contributed by atoms with Crippen LogP contribution in [0, 0.1) is 17.0 Å². The van der Waals surface area contributed by atoms with Crippen molar-refractivity contribution in [3.63, 3.8) is 0 Å². The third-order valence-corrected chi connectivity index (χ3v) is 4.23. The Bertz CT molecular complexity index is 1160. The van der Waals surface area contributed by atoms with Gasteiger partial charge in [0, 0.05) is 24.6 Å². The van der Waals surface area contributed by atoms with Crippen molar-refractivity contribution in [2.75, 3.05) is 10.6 Å². The average Bonchev–Trinajstić information content (AvgIpc) is 3.26. The van der Waals surface area contributed by atoms with Crippen LogP contribution in [0.15, 0.2) is 36.5 Å².